The Morgan fingerprint density at radius 2 is 2.04 bits per heavy atom. The summed E-state index contributed by atoms with van der Waals surface area (Å²) < 4.78 is 0. The number of likely N-dealkylation sites (tertiary alicyclic amines) is 1. The first-order chi connectivity index (χ1) is 12.2. The van der Waals surface area contributed by atoms with Crippen LogP contribution >= 0.6 is 0 Å². The van der Waals surface area contributed by atoms with E-state index < -0.39 is 0 Å². The van der Waals surface area contributed by atoms with Crippen LogP contribution < -0.4 is 5.56 Å². The molecular weight excluding hydrogens is 316 g/mol. The predicted molar refractivity (Wildman–Crippen MR) is 94.0 cm³/mol. The molecule has 130 valence electrons. The van der Waals surface area contributed by atoms with E-state index in [1.54, 1.807) is 12.3 Å². The maximum atomic E-state index is 12.6. The molecule has 0 unspecified atom stereocenters. The van der Waals surface area contributed by atoms with E-state index in [1.165, 1.54) is 0 Å². The van der Waals surface area contributed by atoms with Crippen molar-refractivity contribution in [3.8, 4) is 11.5 Å². The Bertz CT molecular complexity index is 812. The molecular formula is C19H22N4O2. The molecule has 1 amide bonds. The fourth-order valence-corrected chi connectivity index (χ4v) is 3.94. The molecule has 0 aromatic carbocycles. The summed E-state index contributed by atoms with van der Waals surface area (Å²) >= 11 is 0. The van der Waals surface area contributed by atoms with Gasteiger partial charge < -0.3 is 9.88 Å². The summed E-state index contributed by atoms with van der Waals surface area (Å²) in [4.78, 5) is 38.3. The lowest BCUT2D eigenvalue weighted by atomic mass is 10.0. The van der Waals surface area contributed by atoms with E-state index in [1.807, 2.05) is 23.1 Å². The molecule has 2 aromatic rings. The third-order valence-corrected chi connectivity index (χ3v) is 5.29. The highest BCUT2D eigenvalue weighted by Crippen LogP contribution is 2.31. The van der Waals surface area contributed by atoms with Crippen molar-refractivity contribution in [1.29, 1.82) is 0 Å². The van der Waals surface area contributed by atoms with Crippen molar-refractivity contribution in [2.24, 2.45) is 5.92 Å². The van der Waals surface area contributed by atoms with Crippen molar-refractivity contribution in [1.82, 2.24) is 19.9 Å². The number of hydrogen-bond donors (Lipinski definition) is 1. The Labute approximate surface area is 146 Å². The molecule has 0 bridgehead atoms. The quantitative estimate of drug-likeness (QED) is 0.931. The first-order valence-corrected chi connectivity index (χ1v) is 9.02. The zero-order valence-electron chi connectivity index (χ0n) is 14.1. The Morgan fingerprint density at radius 1 is 1.20 bits per heavy atom. The summed E-state index contributed by atoms with van der Waals surface area (Å²) in [5.41, 5.74) is 1.23. The number of aromatic amines is 1. The number of carbonyl (C=O) groups excluding carboxylic acids is 1. The van der Waals surface area contributed by atoms with Gasteiger partial charge in [-0.15, -0.1) is 0 Å². The second-order valence-electron chi connectivity index (χ2n) is 6.99. The highest BCUT2D eigenvalue weighted by atomic mass is 16.2. The molecule has 0 radical (unpaired) electrons. The van der Waals surface area contributed by atoms with Crippen molar-refractivity contribution in [3.05, 3.63) is 46.5 Å². The summed E-state index contributed by atoms with van der Waals surface area (Å²) in [5.74, 6) is 1.10. The molecule has 6 heteroatoms. The van der Waals surface area contributed by atoms with Gasteiger partial charge in [0.05, 0.1) is 5.69 Å². The monoisotopic (exact) mass is 338 g/mol. The van der Waals surface area contributed by atoms with Gasteiger partial charge in [-0.05, 0) is 31.4 Å². The van der Waals surface area contributed by atoms with Crippen LogP contribution in [0.1, 0.15) is 43.7 Å². The van der Waals surface area contributed by atoms with Crippen LogP contribution in [0.2, 0.25) is 0 Å². The predicted octanol–water partition coefficient (Wildman–Crippen LogP) is 2.34. The van der Waals surface area contributed by atoms with E-state index in [-0.39, 0.29) is 23.3 Å². The first-order valence-electron chi connectivity index (χ1n) is 9.02. The molecule has 2 aromatic heterocycles. The van der Waals surface area contributed by atoms with Crippen molar-refractivity contribution in [3.63, 3.8) is 0 Å². The van der Waals surface area contributed by atoms with Crippen LogP contribution in [0, 0.1) is 5.92 Å². The van der Waals surface area contributed by atoms with Gasteiger partial charge in [0.15, 0.2) is 5.82 Å². The van der Waals surface area contributed by atoms with Crippen molar-refractivity contribution < 1.29 is 4.79 Å². The largest absolute Gasteiger partial charge is 0.342 e. The van der Waals surface area contributed by atoms with Crippen LogP contribution in [-0.2, 0) is 4.79 Å². The third-order valence-electron chi connectivity index (χ3n) is 5.29. The van der Waals surface area contributed by atoms with Gasteiger partial charge in [0.1, 0.15) is 5.69 Å². The molecule has 1 saturated heterocycles. The average molecular weight is 338 g/mol. The van der Waals surface area contributed by atoms with Gasteiger partial charge in [0, 0.05) is 37.2 Å². The zero-order chi connectivity index (χ0) is 17.2. The van der Waals surface area contributed by atoms with Crippen LogP contribution in [0.3, 0.4) is 0 Å². The Kier molecular flexibility index (Phi) is 4.34. The number of nitrogens with one attached hydrogen (secondary N) is 1. The number of H-pyrrole nitrogens is 1. The fraction of sp³-hybridized carbons (Fsp3) is 0.474. The van der Waals surface area contributed by atoms with Crippen LogP contribution in [0.15, 0.2) is 35.3 Å². The van der Waals surface area contributed by atoms with E-state index in [0.717, 1.165) is 44.3 Å². The standard InChI is InChI=1S/C19H22N4O2/c24-17-11-16(21-18(22-17)15-7-3-4-9-20-15)14-8-10-23(12-14)19(25)13-5-1-2-6-13/h3-4,7,9,11,13-14H,1-2,5-6,8,10,12H2,(H,21,22,24)/t14-/m1/s1. The molecule has 2 aliphatic rings. The maximum absolute atomic E-state index is 12.6. The zero-order valence-corrected chi connectivity index (χ0v) is 14.1. The van der Waals surface area contributed by atoms with E-state index in [4.69, 9.17) is 0 Å². The van der Waals surface area contributed by atoms with Gasteiger partial charge >= 0.3 is 0 Å². The van der Waals surface area contributed by atoms with Gasteiger partial charge in [-0.1, -0.05) is 18.9 Å². The van der Waals surface area contributed by atoms with E-state index >= 15 is 0 Å². The smallest absolute Gasteiger partial charge is 0.251 e. The number of carbonyl (C=O) groups is 1. The summed E-state index contributed by atoms with van der Waals surface area (Å²) in [7, 11) is 0. The molecule has 1 aliphatic heterocycles. The van der Waals surface area contributed by atoms with Crippen molar-refractivity contribution in [2.45, 2.75) is 38.0 Å². The van der Waals surface area contributed by atoms with Crippen LogP contribution in [0.5, 0.6) is 0 Å². The minimum atomic E-state index is -0.175. The molecule has 2 fully saturated rings. The van der Waals surface area contributed by atoms with Gasteiger partial charge in [-0.3, -0.25) is 14.6 Å². The minimum Gasteiger partial charge on any atom is -0.342 e. The number of hydrogen-bond acceptors (Lipinski definition) is 4. The summed E-state index contributed by atoms with van der Waals surface area (Å²) in [6.07, 6.45) is 6.91. The number of aromatic nitrogens is 3. The van der Waals surface area contributed by atoms with Crippen molar-refractivity contribution in [2.75, 3.05) is 13.1 Å². The molecule has 1 N–H and O–H groups in total. The number of rotatable bonds is 3. The maximum Gasteiger partial charge on any atom is 0.251 e. The van der Waals surface area contributed by atoms with E-state index in [0.29, 0.717) is 18.1 Å². The van der Waals surface area contributed by atoms with Gasteiger partial charge in [-0.25, -0.2) is 4.98 Å². The number of amides is 1. The average Bonchev–Trinajstić information content (AvgIpc) is 3.33. The van der Waals surface area contributed by atoms with Crippen LogP contribution in [0.4, 0.5) is 0 Å². The lowest BCUT2D eigenvalue weighted by molar-refractivity contribution is -0.134. The van der Waals surface area contributed by atoms with Gasteiger partial charge in [0.2, 0.25) is 5.91 Å². The second kappa shape index (κ2) is 6.78. The summed E-state index contributed by atoms with van der Waals surface area (Å²) in [6.45, 7) is 1.42. The van der Waals surface area contributed by atoms with Gasteiger partial charge in [0.25, 0.3) is 5.56 Å². The molecule has 1 aliphatic carbocycles. The topological polar surface area (TPSA) is 79.0 Å². The molecule has 3 heterocycles. The molecule has 1 atom stereocenters. The molecule has 4 rings (SSSR count). The second-order valence-corrected chi connectivity index (χ2v) is 6.99. The Hall–Kier alpha value is -2.50. The third kappa shape index (κ3) is 3.34. The lowest BCUT2D eigenvalue weighted by Crippen LogP contribution is -2.33. The van der Waals surface area contributed by atoms with Crippen molar-refractivity contribution >= 4 is 5.91 Å². The Balaban J connectivity index is 1.53. The lowest BCUT2D eigenvalue weighted by Gasteiger charge is -2.20. The molecule has 25 heavy (non-hydrogen) atoms. The highest BCUT2D eigenvalue weighted by Gasteiger charge is 2.33. The number of pyridine rings is 1. The number of nitrogens with zero attached hydrogens (tertiary/aromatic N) is 3. The van der Waals surface area contributed by atoms with Crippen LogP contribution in [-0.4, -0.2) is 38.8 Å². The van der Waals surface area contributed by atoms with Gasteiger partial charge in [-0.2, -0.15) is 0 Å². The minimum absolute atomic E-state index is 0.120. The molecule has 0 spiro atoms. The van der Waals surface area contributed by atoms with E-state index in [2.05, 4.69) is 15.0 Å². The van der Waals surface area contributed by atoms with E-state index in [9.17, 15) is 9.59 Å². The molecule has 1 saturated carbocycles. The summed E-state index contributed by atoms with van der Waals surface area (Å²) in [5, 5.41) is 0. The fourth-order valence-electron chi connectivity index (χ4n) is 3.94. The highest BCUT2D eigenvalue weighted by molar-refractivity contribution is 5.79. The molecule has 6 nitrogen and oxygen atoms in total. The first kappa shape index (κ1) is 16.0. The Morgan fingerprint density at radius 3 is 2.80 bits per heavy atom. The summed E-state index contributed by atoms with van der Waals surface area (Å²) in [6, 6.07) is 7.08. The van der Waals surface area contributed by atoms with Crippen LogP contribution in [0.25, 0.3) is 11.5 Å². The SMILES string of the molecule is O=C(C1CCCC1)N1CC[C@@H](c2cc(=O)[nH]c(-c3ccccn3)n2)C1. The normalized spacial score (nSPS) is 21.0.